The Morgan fingerprint density at radius 3 is 2.68 bits per heavy atom. The van der Waals surface area contributed by atoms with Gasteiger partial charge in [0.1, 0.15) is 29.0 Å². The lowest BCUT2D eigenvalue weighted by atomic mass is 9.78. The van der Waals surface area contributed by atoms with Gasteiger partial charge < -0.3 is 14.5 Å². The van der Waals surface area contributed by atoms with Crippen LogP contribution in [0.2, 0.25) is 5.02 Å². The zero-order valence-corrected chi connectivity index (χ0v) is 23.6. The van der Waals surface area contributed by atoms with Crippen LogP contribution in [-0.2, 0) is 37.2 Å². The van der Waals surface area contributed by atoms with Gasteiger partial charge in [0, 0.05) is 29.6 Å². The van der Waals surface area contributed by atoms with E-state index in [9.17, 15) is 22.4 Å². The zero-order chi connectivity index (χ0) is 31.4. The average molecular weight is 600 g/mol. The lowest BCUT2D eigenvalue weighted by molar-refractivity contribution is -0.141. The van der Waals surface area contributed by atoms with Crippen molar-refractivity contribution >= 4 is 33.3 Å². The van der Waals surface area contributed by atoms with Crippen molar-refractivity contribution in [1.29, 1.82) is 0 Å². The third-order valence-corrected chi connectivity index (χ3v) is 11.5. The smallest absolute Gasteiger partial charge is 0.245 e. The molecule has 2 aliphatic heterocycles. The maximum atomic E-state index is 14.6. The monoisotopic (exact) mass is 599 g/mol. The lowest BCUT2D eigenvalue weighted by Crippen LogP contribution is -2.55. The molecule has 41 heavy (non-hydrogen) atoms. The van der Waals surface area contributed by atoms with Crippen LogP contribution in [0.3, 0.4) is 0 Å². The largest absolute Gasteiger partial charge is 0.489 e. The maximum absolute atomic E-state index is 14.6. The summed E-state index contributed by atoms with van der Waals surface area (Å²) in [4.78, 5) is 28.7. The van der Waals surface area contributed by atoms with Gasteiger partial charge in [-0.2, -0.15) is 0 Å². The molecule has 6 rings (SSSR count). The molecule has 0 spiro atoms. The number of likely N-dealkylation sites (N-methyl/N-ethyl adjacent to an activating group) is 1. The van der Waals surface area contributed by atoms with Crippen LogP contribution < -0.4 is 4.74 Å². The second-order valence-corrected chi connectivity index (χ2v) is 13.3. The van der Waals surface area contributed by atoms with Gasteiger partial charge in [-0.3, -0.25) is 9.59 Å². The first-order valence-electron chi connectivity index (χ1n) is 15.0. The van der Waals surface area contributed by atoms with Crippen molar-refractivity contribution in [2.45, 2.75) is 60.4 Å². The van der Waals surface area contributed by atoms with Crippen LogP contribution in [0.1, 0.15) is 46.5 Å². The second-order valence-electron chi connectivity index (χ2n) is 10.7. The van der Waals surface area contributed by atoms with Gasteiger partial charge in [-0.25, -0.2) is 12.8 Å². The minimum atomic E-state index is -4.09. The van der Waals surface area contributed by atoms with Crippen LogP contribution in [-0.4, -0.2) is 55.6 Å². The quantitative estimate of drug-likeness (QED) is 0.403. The van der Waals surface area contributed by atoms with Crippen LogP contribution in [0.15, 0.2) is 71.6 Å². The van der Waals surface area contributed by atoms with E-state index in [4.69, 9.17) is 20.5 Å². The SMILES string of the molecule is [2H]C([2H])([2H])N1C(=O)CC[C@H]1C(=O)N1CC[C@@]2(S(=O)(=O)c3ccccc3)c3ccc(OCc4c(F)cccc4Cl)cc3CC[C@@H]12. The van der Waals surface area contributed by atoms with Crippen LogP contribution in [0.25, 0.3) is 0 Å². The van der Waals surface area contributed by atoms with Gasteiger partial charge >= 0.3 is 0 Å². The predicted octanol–water partition coefficient (Wildman–Crippen LogP) is 4.90. The molecule has 214 valence electrons. The fourth-order valence-corrected chi connectivity index (χ4v) is 9.21. The molecule has 2 fully saturated rings. The molecular formula is C31H30ClFN2O5S. The molecule has 0 aromatic heterocycles. The zero-order valence-electron chi connectivity index (χ0n) is 25.1. The van der Waals surface area contributed by atoms with Crippen molar-refractivity contribution in [3.8, 4) is 5.75 Å². The number of sulfone groups is 1. The van der Waals surface area contributed by atoms with Crippen LogP contribution in [0.5, 0.6) is 5.75 Å². The standard InChI is InChI=1S/C31H30ClFN2O5S/c1-34-27(13-15-29(34)36)30(37)35-17-16-31(41(38,39)22-6-3-2-4-7-22)24-12-11-21(18-20(24)10-14-28(31)35)40-19-23-25(32)8-5-9-26(23)33/h2-9,11-12,18,27-28H,10,13-17,19H2,1H3/t27-,28+,31+/m0/s1/i1D3. The molecule has 10 heteroatoms. The van der Waals surface area contributed by atoms with Crippen molar-refractivity contribution in [2.24, 2.45) is 0 Å². The minimum absolute atomic E-state index is 0.0566. The van der Waals surface area contributed by atoms with Gasteiger partial charge in [0.15, 0.2) is 9.84 Å². The third-order valence-electron chi connectivity index (χ3n) is 8.62. The number of hydrogen-bond donors (Lipinski definition) is 0. The summed E-state index contributed by atoms with van der Waals surface area (Å²) in [5.41, 5.74) is 1.48. The van der Waals surface area contributed by atoms with Crippen molar-refractivity contribution in [1.82, 2.24) is 9.80 Å². The topological polar surface area (TPSA) is 84.0 Å². The number of ether oxygens (including phenoxy) is 1. The number of hydrogen-bond acceptors (Lipinski definition) is 5. The molecule has 2 amide bonds. The fraction of sp³-hybridized carbons (Fsp3) is 0.355. The maximum Gasteiger partial charge on any atom is 0.245 e. The van der Waals surface area contributed by atoms with Gasteiger partial charge in [-0.15, -0.1) is 0 Å². The minimum Gasteiger partial charge on any atom is -0.489 e. The number of rotatable bonds is 6. The molecule has 7 nitrogen and oxygen atoms in total. The first-order valence-corrected chi connectivity index (χ1v) is 15.3. The number of nitrogens with zero attached hydrogens (tertiary/aromatic N) is 2. The number of fused-ring (bicyclic) bond motifs is 3. The Morgan fingerprint density at radius 1 is 1.12 bits per heavy atom. The van der Waals surface area contributed by atoms with Crippen molar-refractivity contribution in [3.63, 3.8) is 0 Å². The Hall–Kier alpha value is -3.43. The van der Waals surface area contributed by atoms with E-state index in [-0.39, 0.29) is 47.9 Å². The van der Waals surface area contributed by atoms with E-state index in [1.54, 1.807) is 42.5 Å². The predicted molar refractivity (Wildman–Crippen MR) is 152 cm³/mol. The van der Waals surface area contributed by atoms with E-state index in [0.717, 1.165) is 5.56 Å². The summed E-state index contributed by atoms with van der Waals surface area (Å²) in [5, 5.41) is 0.232. The summed E-state index contributed by atoms with van der Waals surface area (Å²) >= 11 is 6.16. The highest BCUT2D eigenvalue weighted by molar-refractivity contribution is 7.92. The van der Waals surface area contributed by atoms with Crippen LogP contribution in [0, 0.1) is 5.82 Å². The normalized spacial score (nSPS) is 25.2. The van der Waals surface area contributed by atoms with Crippen LogP contribution in [0.4, 0.5) is 4.39 Å². The Balaban J connectivity index is 1.39. The highest BCUT2D eigenvalue weighted by atomic mass is 35.5. The highest BCUT2D eigenvalue weighted by Crippen LogP contribution is 2.53. The van der Waals surface area contributed by atoms with Crippen molar-refractivity contribution in [3.05, 3.63) is 94.3 Å². The summed E-state index contributed by atoms with van der Waals surface area (Å²) in [7, 11) is -4.09. The summed E-state index contributed by atoms with van der Waals surface area (Å²) < 4.78 is 71.5. The molecule has 0 bridgehead atoms. The third kappa shape index (κ3) is 4.41. The number of carbonyl (C=O) groups is 2. The molecule has 2 saturated heterocycles. The molecule has 2 heterocycles. The van der Waals surface area contributed by atoms with E-state index in [0.29, 0.717) is 29.1 Å². The molecule has 3 aromatic rings. The first-order chi connectivity index (χ1) is 20.9. The number of likely N-dealkylation sites (tertiary alicyclic amines) is 2. The first kappa shape index (κ1) is 24.2. The summed E-state index contributed by atoms with van der Waals surface area (Å²) in [6.45, 7) is -2.83. The second kappa shape index (κ2) is 10.4. The molecule has 3 aliphatic rings. The molecule has 1 aliphatic carbocycles. The van der Waals surface area contributed by atoms with Gasteiger partial charge in [0.2, 0.25) is 11.8 Å². The summed E-state index contributed by atoms with van der Waals surface area (Å²) in [6.07, 6.45) is 0.792. The molecule has 0 radical (unpaired) electrons. The summed E-state index contributed by atoms with van der Waals surface area (Å²) in [6, 6.07) is 15.5. The Bertz CT molecular complexity index is 1720. The van der Waals surface area contributed by atoms with Crippen molar-refractivity contribution in [2.75, 3.05) is 13.5 Å². The molecule has 0 saturated carbocycles. The Morgan fingerprint density at radius 2 is 1.93 bits per heavy atom. The lowest BCUT2D eigenvalue weighted by Gasteiger charge is -2.43. The molecular weight excluding hydrogens is 567 g/mol. The number of benzene rings is 3. The Kier molecular flexibility index (Phi) is 6.16. The van der Waals surface area contributed by atoms with E-state index >= 15 is 0 Å². The van der Waals surface area contributed by atoms with Crippen molar-refractivity contribution < 1.29 is 31.2 Å². The molecule has 3 aromatic carbocycles. The Labute approximate surface area is 248 Å². The summed E-state index contributed by atoms with van der Waals surface area (Å²) in [5.74, 6) is -1.25. The highest BCUT2D eigenvalue weighted by Gasteiger charge is 2.61. The molecule has 0 unspecified atom stereocenters. The van der Waals surface area contributed by atoms with Gasteiger partial charge in [-0.1, -0.05) is 41.9 Å². The number of amides is 2. The van der Waals surface area contributed by atoms with E-state index in [1.165, 1.54) is 29.2 Å². The molecule has 0 N–H and O–H groups in total. The fourth-order valence-electron chi connectivity index (χ4n) is 6.60. The molecule has 3 atom stereocenters. The van der Waals surface area contributed by atoms with Gasteiger partial charge in [0.25, 0.3) is 0 Å². The van der Waals surface area contributed by atoms with E-state index in [1.807, 2.05) is 0 Å². The number of aryl methyl sites for hydroxylation is 1. The average Bonchev–Trinajstić information content (AvgIpc) is 3.59. The van der Waals surface area contributed by atoms with Gasteiger partial charge in [-0.05, 0) is 73.2 Å². The number of carbonyl (C=O) groups excluding carboxylic acids is 2. The van der Waals surface area contributed by atoms with Gasteiger partial charge in [0.05, 0.1) is 16.0 Å². The van der Waals surface area contributed by atoms with Crippen LogP contribution >= 0.6 is 11.6 Å². The van der Waals surface area contributed by atoms with E-state index < -0.39 is 51.3 Å². The number of halogens is 2. The van der Waals surface area contributed by atoms with E-state index in [2.05, 4.69) is 0 Å².